The van der Waals surface area contributed by atoms with Gasteiger partial charge in [-0.3, -0.25) is 15.6 Å². The first-order valence-corrected chi connectivity index (χ1v) is 8.50. The molecule has 0 fully saturated rings. The Morgan fingerprint density at radius 3 is 2.59 bits per heavy atom. The molecule has 4 aromatic rings. The van der Waals surface area contributed by atoms with Gasteiger partial charge in [-0.1, -0.05) is 35.4 Å². The number of amides is 1. The first kappa shape index (κ1) is 16.7. The largest absolute Gasteiger partial charge is 0.281 e. The van der Waals surface area contributed by atoms with Gasteiger partial charge in [0, 0.05) is 5.56 Å². The summed E-state index contributed by atoms with van der Waals surface area (Å²) in [4.78, 5) is 20.9. The number of rotatable bonds is 4. The van der Waals surface area contributed by atoms with Crippen molar-refractivity contribution in [2.75, 3.05) is 5.43 Å². The molecule has 7 heteroatoms. The summed E-state index contributed by atoms with van der Waals surface area (Å²) in [6, 6.07) is 15.4. The molecule has 2 aromatic carbocycles. The molecule has 0 aliphatic heterocycles. The second-order valence-electron chi connectivity index (χ2n) is 6.30. The zero-order valence-corrected chi connectivity index (χ0v) is 15.0. The molecule has 0 atom stereocenters. The zero-order chi connectivity index (χ0) is 18.8. The van der Waals surface area contributed by atoms with Crippen LogP contribution in [0.1, 0.15) is 21.5 Å². The van der Waals surface area contributed by atoms with E-state index in [-0.39, 0.29) is 5.91 Å². The molecule has 2 heterocycles. The molecule has 2 aromatic heterocycles. The molecular weight excluding hydrogens is 340 g/mol. The highest BCUT2D eigenvalue weighted by molar-refractivity contribution is 5.96. The van der Waals surface area contributed by atoms with E-state index in [2.05, 4.69) is 25.9 Å². The number of benzene rings is 2. The van der Waals surface area contributed by atoms with Crippen molar-refractivity contribution in [1.82, 2.24) is 25.2 Å². The van der Waals surface area contributed by atoms with Crippen molar-refractivity contribution >= 4 is 22.8 Å². The molecular formula is C20H18N6O. The Kier molecular flexibility index (Phi) is 4.25. The van der Waals surface area contributed by atoms with E-state index in [9.17, 15) is 4.79 Å². The van der Waals surface area contributed by atoms with Gasteiger partial charge in [-0.25, -0.2) is 14.6 Å². The average Bonchev–Trinajstić information content (AvgIpc) is 3.11. The third-order valence-corrected chi connectivity index (χ3v) is 4.22. The summed E-state index contributed by atoms with van der Waals surface area (Å²) in [5, 5.41) is 5.12. The van der Waals surface area contributed by atoms with Gasteiger partial charge in [0.1, 0.15) is 6.33 Å². The quantitative estimate of drug-likeness (QED) is 0.547. The molecule has 0 radical (unpaired) electrons. The molecule has 0 aliphatic rings. The SMILES string of the molecule is Cc1ccc(-n2ncc3c(NNC(=O)c4cccc(C)c4)ncnc32)cc1. The van der Waals surface area contributed by atoms with Crippen LogP contribution in [0.2, 0.25) is 0 Å². The molecule has 7 nitrogen and oxygen atoms in total. The zero-order valence-electron chi connectivity index (χ0n) is 15.0. The lowest BCUT2D eigenvalue weighted by Crippen LogP contribution is -2.29. The smallest absolute Gasteiger partial charge is 0.269 e. The Bertz CT molecular complexity index is 1120. The maximum atomic E-state index is 12.3. The van der Waals surface area contributed by atoms with E-state index in [0.29, 0.717) is 22.4 Å². The second-order valence-corrected chi connectivity index (χ2v) is 6.30. The molecule has 0 aliphatic carbocycles. The molecule has 27 heavy (non-hydrogen) atoms. The first-order chi connectivity index (χ1) is 13.1. The molecule has 1 amide bonds. The maximum absolute atomic E-state index is 12.3. The molecule has 0 spiro atoms. The highest BCUT2D eigenvalue weighted by Crippen LogP contribution is 2.21. The number of nitrogens with zero attached hydrogens (tertiary/aromatic N) is 4. The topological polar surface area (TPSA) is 84.7 Å². The van der Waals surface area contributed by atoms with E-state index >= 15 is 0 Å². The predicted octanol–water partition coefficient (Wildman–Crippen LogP) is 3.19. The first-order valence-electron chi connectivity index (χ1n) is 8.50. The van der Waals surface area contributed by atoms with Gasteiger partial charge in [0.15, 0.2) is 11.5 Å². The molecule has 2 N–H and O–H groups in total. The van der Waals surface area contributed by atoms with E-state index < -0.39 is 0 Å². The van der Waals surface area contributed by atoms with Crippen molar-refractivity contribution < 1.29 is 4.79 Å². The van der Waals surface area contributed by atoms with Crippen LogP contribution in [0.3, 0.4) is 0 Å². The van der Waals surface area contributed by atoms with E-state index in [4.69, 9.17) is 0 Å². The third-order valence-electron chi connectivity index (χ3n) is 4.22. The Labute approximate surface area is 156 Å². The average molecular weight is 358 g/mol. The van der Waals surface area contributed by atoms with Gasteiger partial charge in [-0.05, 0) is 38.1 Å². The number of hydrogen-bond donors (Lipinski definition) is 2. The second kappa shape index (κ2) is 6.87. The minimum Gasteiger partial charge on any atom is -0.281 e. The van der Waals surface area contributed by atoms with Crippen LogP contribution in [-0.4, -0.2) is 25.7 Å². The molecule has 0 saturated carbocycles. The number of nitrogens with one attached hydrogen (secondary N) is 2. The van der Waals surface area contributed by atoms with Crippen LogP contribution in [0.15, 0.2) is 61.1 Å². The van der Waals surface area contributed by atoms with E-state index in [0.717, 1.165) is 11.3 Å². The number of anilines is 1. The van der Waals surface area contributed by atoms with Gasteiger partial charge < -0.3 is 0 Å². The minimum atomic E-state index is -0.239. The summed E-state index contributed by atoms with van der Waals surface area (Å²) in [5.74, 6) is 0.246. The van der Waals surface area contributed by atoms with Crippen LogP contribution in [0.25, 0.3) is 16.7 Å². The number of carbonyl (C=O) groups excluding carboxylic acids is 1. The monoisotopic (exact) mass is 358 g/mol. The number of aryl methyl sites for hydroxylation is 2. The number of hydrogen-bond acceptors (Lipinski definition) is 5. The molecule has 4 rings (SSSR count). The Morgan fingerprint density at radius 1 is 1.00 bits per heavy atom. The van der Waals surface area contributed by atoms with Crippen molar-refractivity contribution in [2.24, 2.45) is 0 Å². The van der Waals surface area contributed by atoms with E-state index in [1.807, 2.05) is 56.3 Å². The third kappa shape index (κ3) is 3.35. The predicted molar refractivity (Wildman–Crippen MR) is 104 cm³/mol. The minimum absolute atomic E-state index is 0.239. The van der Waals surface area contributed by atoms with Crippen molar-refractivity contribution in [3.8, 4) is 5.69 Å². The van der Waals surface area contributed by atoms with Crippen LogP contribution in [-0.2, 0) is 0 Å². The summed E-state index contributed by atoms with van der Waals surface area (Å²) >= 11 is 0. The van der Waals surface area contributed by atoms with Gasteiger partial charge in [-0.2, -0.15) is 5.10 Å². The normalized spacial score (nSPS) is 10.7. The van der Waals surface area contributed by atoms with Crippen LogP contribution in [0, 0.1) is 13.8 Å². The van der Waals surface area contributed by atoms with Gasteiger partial charge >= 0.3 is 0 Å². The van der Waals surface area contributed by atoms with Gasteiger partial charge in [-0.15, -0.1) is 0 Å². The lowest BCUT2D eigenvalue weighted by molar-refractivity contribution is 0.0962. The lowest BCUT2D eigenvalue weighted by atomic mass is 10.1. The van der Waals surface area contributed by atoms with Crippen LogP contribution in [0.5, 0.6) is 0 Å². The number of aromatic nitrogens is 4. The standard InChI is InChI=1S/C20H18N6O/c1-13-6-8-16(9-7-13)26-19-17(11-23-26)18(21-12-22-19)24-25-20(27)15-5-3-4-14(2)10-15/h3-12H,1-2H3,(H,25,27)(H,21,22,24). The van der Waals surface area contributed by atoms with Crippen molar-refractivity contribution in [2.45, 2.75) is 13.8 Å². The van der Waals surface area contributed by atoms with Crippen LogP contribution < -0.4 is 10.9 Å². The molecule has 134 valence electrons. The van der Waals surface area contributed by atoms with Gasteiger partial charge in [0.2, 0.25) is 0 Å². The fourth-order valence-electron chi connectivity index (χ4n) is 2.79. The maximum Gasteiger partial charge on any atom is 0.269 e. The van der Waals surface area contributed by atoms with Gasteiger partial charge in [0.05, 0.1) is 17.3 Å². The van der Waals surface area contributed by atoms with Gasteiger partial charge in [0.25, 0.3) is 5.91 Å². The summed E-state index contributed by atoms with van der Waals surface area (Å²) in [6.45, 7) is 3.98. The van der Waals surface area contributed by atoms with Crippen LogP contribution in [0.4, 0.5) is 5.82 Å². The molecule has 0 unspecified atom stereocenters. The lowest BCUT2D eigenvalue weighted by Gasteiger charge is -2.09. The summed E-state index contributed by atoms with van der Waals surface area (Å²) in [5.41, 5.74) is 9.88. The highest BCUT2D eigenvalue weighted by Gasteiger charge is 2.12. The van der Waals surface area contributed by atoms with Crippen molar-refractivity contribution in [1.29, 1.82) is 0 Å². The molecule has 0 bridgehead atoms. The Morgan fingerprint density at radius 2 is 1.81 bits per heavy atom. The van der Waals surface area contributed by atoms with Crippen molar-refractivity contribution in [3.63, 3.8) is 0 Å². The van der Waals surface area contributed by atoms with E-state index in [1.54, 1.807) is 16.9 Å². The summed E-state index contributed by atoms with van der Waals surface area (Å²) < 4.78 is 1.74. The summed E-state index contributed by atoms with van der Waals surface area (Å²) in [7, 11) is 0. The van der Waals surface area contributed by atoms with E-state index in [1.165, 1.54) is 11.9 Å². The Balaban J connectivity index is 1.60. The van der Waals surface area contributed by atoms with Crippen LogP contribution >= 0.6 is 0 Å². The molecule has 0 saturated heterocycles. The number of hydrazine groups is 1. The Hall–Kier alpha value is -3.74. The number of fused-ring (bicyclic) bond motifs is 1. The fraction of sp³-hybridized carbons (Fsp3) is 0.100. The number of carbonyl (C=O) groups is 1. The van der Waals surface area contributed by atoms with Crippen molar-refractivity contribution in [3.05, 3.63) is 77.7 Å². The summed E-state index contributed by atoms with van der Waals surface area (Å²) in [6.07, 6.45) is 3.12. The highest BCUT2D eigenvalue weighted by atomic mass is 16.2. The fourth-order valence-corrected chi connectivity index (χ4v) is 2.79.